The molecule has 1 aliphatic carbocycles. The third kappa shape index (κ3) is 6.29. The quantitative estimate of drug-likeness (QED) is 0.901. The first-order valence-corrected chi connectivity index (χ1v) is 8.20. The summed E-state index contributed by atoms with van der Waals surface area (Å²) in [5.74, 6) is 0.976. The lowest BCUT2D eigenvalue weighted by molar-refractivity contribution is -0.129. The van der Waals surface area contributed by atoms with E-state index in [-0.39, 0.29) is 11.9 Å². The van der Waals surface area contributed by atoms with Crippen molar-refractivity contribution in [1.29, 1.82) is 0 Å². The van der Waals surface area contributed by atoms with Gasteiger partial charge in [-0.3, -0.25) is 9.69 Å². The maximum absolute atomic E-state index is 11.5. The lowest BCUT2D eigenvalue weighted by atomic mass is 10.1. The zero-order chi connectivity index (χ0) is 16.5. The van der Waals surface area contributed by atoms with E-state index >= 15 is 0 Å². The second kappa shape index (κ2) is 9.23. The molecule has 1 saturated carbocycles. The van der Waals surface area contributed by atoms with Gasteiger partial charge in [-0.15, -0.1) is 0 Å². The van der Waals surface area contributed by atoms with Crippen LogP contribution in [0.15, 0.2) is 24.3 Å². The van der Waals surface area contributed by atoms with E-state index < -0.39 is 0 Å². The van der Waals surface area contributed by atoms with Crippen molar-refractivity contribution in [3.05, 3.63) is 35.4 Å². The highest BCUT2D eigenvalue weighted by atomic mass is 16.2. The Hall–Kier alpha value is -1.84. The van der Waals surface area contributed by atoms with Gasteiger partial charge in [0, 0.05) is 13.0 Å². The fourth-order valence-corrected chi connectivity index (χ4v) is 1.82. The van der Waals surface area contributed by atoms with Crippen molar-refractivity contribution >= 4 is 11.9 Å². The molecule has 4 heteroatoms. The topological polar surface area (TPSA) is 49.4 Å². The molecule has 2 fully saturated rings. The van der Waals surface area contributed by atoms with Gasteiger partial charge >= 0.3 is 6.03 Å². The molecule has 1 aromatic rings. The second-order valence-electron chi connectivity index (χ2n) is 5.63. The molecule has 0 unspecified atom stereocenters. The number of hydrogen-bond donors (Lipinski definition) is 1. The predicted octanol–water partition coefficient (Wildman–Crippen LogP) is 3.88. The van der Waals surface area contributed by atoms with Gasteiger partial charge in [0.1, 0.15) is 0 Å². The molecule has 122 valence electrons. The number of benzene rings is 1. The van der Waals surface area contributed by atoms with Gasteiger partial charge in [-0.05, 0) is 18.4 Å². The van der Waals surface area contributed by atoms with E-state index in [0.717, 1.165) is 17.0 Å². The molecular formula is C18H28N2O2. The molecule has 0 aromatic heterocycles. The summed E-state index contributed by atoms with van der Waals surface area (Å²) in [7, 11) is 0. The molecule has 4 nitrogen and oxygen atoms in total. The van der Waals surface area contributed by atoms with E-state index in [4.69, 9.17) is 0 Å². The van der Waals surface area contributed by atoms with Crippen LogP contribution in [0.1, 0.15) is 51.2 Å². The molecule has 2 aliphatic rings. The van der Waals surface area contributed by atoms with Crippen LogP contribution in [0.5, 0.6) is 0 Å². The number of rotatable bonds is 2. The summed E-state index contributed by atoms with van der Waals surface area (Å²) >= 11 is 0. The first-order chi connectivity index (χ1) is 10.6. The molecule has 1 N–H and O–H groups in total. The molecular weight excluding hydrogens is 276 g/mol. The third-order valence-electron chi connectivity index (χ3n) is 3.49. The van der Waals surface area contributed by atoms with Gasteiger partial charge in [0.25, 0.3) is 0 Å². The Labute approximate surface area is 133 Å². The summed E-state index contributed by atoms with van der Waals surface area (Å²) in [6.45, 7) is 9.08. The van der Waals surface area contributed by atoms with Crippen LogP contribution < -0.4 is 5.32 Å². The highest BCUT2D eigenvalue weighted by molar-refractivity contribution is 5.96. The Balaban J connectivity index is 0.000000342. The molecule has 1 saturated heterocycles. The number of nitrogens with one attached hydrogen (secondary N) is 1. The van der Waals surface area contributed by atoms with E-state index in [1.807, 2.05) is 45.0 Å². The number of amides is 3. The molecule has 0 spiro atoms. The molecule has 0 bridgehead atoms. The van der Waals surface area contributed by atoms with Crippen molar-refractivity contribution in [3.8, 4) is 0 Å². The molecule has 1 aromatic carbocycles. The SMILES string of the molecule is CC.CC1CC1.Cc1ccc(CN2C(=O)CCNC2=O)cc1. The van der Waals surface area contributed by atoms with Crippen LogP contribution in [0, 0.1) is 12.8 Å². The second-order valence-corrected chi connectivity index (χ2v) is 5.63. The Morgan fingerprint density at radius 3 is 2.14 bits per heavy atom. The fraction of sp³-hybridized carbons (Fsp3) is 0.556. The highest BCUT2D eigenvalue weighted by Crippen LogP contribution is 2.26. The van der Waals surface area contributed by atoms with E-state index in [0.29, 0.717) is 19.5 Å². The van der Waals surface area contributed by atoms with Crippen LogP contribution >= 0.6 is 0 Å². The minimum absolute atomic E-state index is 0.107. The van der Waals surface area contributed by atoms with Crippen LogP contribution in [-0.2, 0) is 11.3 Å². The summed E-state index contributed by atoms with van der Waals surface area (Å²) in [4.78, 5) is 24.3. The number of imide groups is 1. The van der Waals surface area contributed by atoms with Crippen molar-refractivity contribution in [2.45, 2.75) is 53.5 Å². The molecule has 3 amide bonds. The standard InChI is InChI=1S/C12H14N2O2.C4H8.C2H6/c1-9-2-4-10(5-3-9)8-14-11(15)6-7-13-12(14)16;1-4-2-3-4;1-2/h2-5H,6-8H2,1H3,(H,13,16);4H,2-3H2,1H3;1-2H3. The number of aryl methyl sites for hydroxylation is 1. The van der Waals surface area contributed by atoms with Crippen molar-refractivity contribution in [1.82, 2.24) is 10.2 Å². The first kappa shape index (κ1) is 18.2. The minimum atomic E-state index is -0.295. The third-order valence-corrected chi connectivity index (χ3v) is 3.49. The van der Waals surface area contributed by atoms with Gasteiger partial charge in [0.2, 0.25) is 5.91 Å². The zero-order valence-electron chi connectivity index (χ0n) is 14.2. The first-order valence-electron chi connectivity index (χ1n) is 8.20. The summed E-state index contributed by atoms with van der Waals surface area (Å²) in [6, 6.07) is 7.52. The Morgan fingerprint density at radius 2 is 1.68 bits per heavy atom. The van der Waals surface area contributed by atoms with E-state index in [9.17, 15) is 9.59 Å². The van der Waals surface area contributed by atoms with Crippen LogP contribution in [-0.4, -0.2) is 23.4 Å². The van der Waals surface area contributed by atoms with E-state index in [1.54, 1.807) is 0 Å². The summed E-state index contributed by atoms with van der Waals surface area (Å²) in [5, 5.41) is 2.66. The van der Waals surface area contributed by atoms with E-state index in [2.05, 4.69) is 12.2 Å². The number of carbonyl (C=O) groups is 2. The lowest BCUT2D eigenvalue weighted by Crippen LogP contribution is -2.49. The van der Waals surface area contributed by atoms with Crippen LogP contribution in [0.25, 0.3) is 0 Å². The van der Waals surface area contributed by atoms with Gasteiger partial charge in [-0.1, -0.05) is 63.4 Å². The zero-order valence-corrected chi connectivity index (χ0v) is 14.2. The molecule has 0 radical (unpaired) electrons. The number of urea groups is 1. The van der Waals surface area contributed by atoms with Gasteiger partial charge in [0.15, 0.2) is 0 Å². The monoisotopic (exact) mass is 304 g/mol. The molecule has 0 atom stereocenters. The van der Waals surface area contributed by atoms with Crippen LogP contribution in [0.4, 0.5) is 4.79 Å². The van der Waals surface area contributed by atoms with Crippen molar-refractivity contribution in [3.63, 3.8) is 0 Å². The fourth-order valence-electron chi connectivity index (χ4n) is 1.82. The Morgan fingerprint density at radius 1 is 1.14 bits per heavy atom. The minimum Gasteiger partial charge on any atom is -0.337 e. The predicted molar refractivity (Wildman–Crippen MR) is 89.5 cm³/mol. The summed E-state index contributed by atoms with van der Waals surface area (Å²) < 4.78 is 0. The average molecular weight is 304 g/mol. The number of carbonyl (C=O) groups excluding carboxylic acids is 2. The normalized spacial score (nSPS) is 16.8. The van der Waals surface area contributed by atoms with Crippen molar-refractivity contribution in [2.24, 2.45) is 5.92 Å². The maximum atomic E-state index is 11.5. The van der Waals surface area contributed by atoms with E-state index in [1.165, 1.54) is 17.7 Å². The Bertz CT molecular complexity index is 462. The number of nitrogens with zero attached hydrogens (tertiary/aromatic N) is 1. The molecule has 1 aliphatic heterocycles. The van der Waals surface area contributed by atoms with Gasteiger partial charge in [0.05, 0.1) is 6.54 Å². The lowest BCUT2D eigenvalue weighted by Gasteiger charge is -2.25. The largest absolute Gasteiger partial charge is 0.337 e. The van der Waals surface area contributed by atoms with Gasteiger partial charge < -0.3 is 5.32 Å². The summed E-state index contributed by atoms with van der Waals surface area (Å²) in [5.41, 5.74) is 2.13. The van der Waals surface area contributed by atoms with Crippen LogP contribution in [0.3, 0.4) is 0 Å². The smallest absolute Gasteiger partial charge is 0.324 e. The van der Waals surface area contributed by atoms with Crippen LogP contribution in [0.2, 0.25) is 0 Å². The van der Waals surface area contributed by atoms with Gasteiger partial charge in [-0.25, -0.2) is 4.79 Å². The van der Waals surface area contributed by atoms with Crippen molar-refractivity contribution < 1.29 is 9.59 Å². The van der Waals surface area contributed by atoms with Crippen molar-refractivity contribution in [2.75, 3.05) is 6.54 Å². The highest BCUT2D eigenvalue weighted by Gasteiger charge is 2.25. The van der Waals surface area contributed by atoms with Gasteiger partial charge in [-0.2, -0.15) is 0 Å². The maximum Gasteiger partial charge on any atom is 0.324 e. The molecule has 3 rings (SSSR count). The summed E-state index contributed by atoms with van der Waals surface area (Å²) in [6.07, 6.45) is 3.36. The molecule has 22 heavy (non-hydrogen) atoms. The number of hydrogen-bond acceptors (Lipinski definition) is 2. The molecule has 1 heterocycles. The average Bonchev–Trinajstić information content (AvgIpc) is 3.30. The Kier molecular flexibility index (Phi) is 7.64.